The van der Waals surface area contributed by atoms with Crippen molar-refractivity contribution in [2.24, 2.45) is 0 Å². The lowest BCUT2D eigenvalue weighted by atomic mass is 10.0. The summed E-state index contributed by atoms with van der Waals surface area (Å²) in [6.07, 6.45) is -0.704. The highest BCUT2D eigenvalue weighted by Crippen LogP contribution is 2.36. The number of benzene rings is 3. The van der Waals surface area contributed by atoms with E-state index in [1.54, 1.807) is 31.2 Å². The minimum Gasteiger partial charge on any atom is -0.497 e. The predicted octanol–water partition coefficient (Wildman–Crippen LogP) is 4.20. The van der Waals surface area contributed by atoms with Crippen LogP contribution in [-0.2, 0) is 24.3 Å². The standard InChI is InChI=1S/C27H32N2O8S/c1-17(37-27(2,3)4)25(26(32)33)28-22-14-15-23(21-9-7-6-8-20(21)22)29(16-24(30)31)38(34,35)19-12-10-18(36-5)11-13-19/h6-15,17,25,28H,16H2,1-5H3,(H,30,31)(H,32,33)/t17-,25+/m1/s1. The molecule has 3 N–H and O–H groups in total. The van der Waals surface area contributed by atoms with E-state index in [0.717, 1.165) is 4.31 Å². The third-order valence-corrected chi connectivity index (χ3v) is 7.46. The number of carboxylic acid groups (broad SMARTS) is 2. The number of hydrogen-bond donors (Lipinski definition) is 3. The van der Waals surface area contributed by atoms with E-state index in [2.05, 4.69) is 5.32 Å². The summed E-state index contributed by atoms with van der Waals surface area (Å²) in [5, 5.41) is 23.4. The number of hydrogen-bond acceptors (Lipinski definition) is 7. The van der Waals surface area contributed by atoms with Crippen LogP contribution < -0.4 is 14.4 Å². The van der Waals surface area contributed by atoms with Gasteiger partial charge in [0.05, 0.1) is 29.4 Å². The lowest BCUT2D eigenvalue weighted by Crippen LogP contribution is -2.43. The maximum Gasteiger partial charge on any atom is 0.328 e. The zero-order chi connectivity index (χ0) is 28.3. The molecule has 0 heterocycles. The van der Waals surface area contributed by atoms with Crippen LogP contribution in [-0.4, -0.2) is 62.0 Å². The fraction of sp³-hybridized carbons (Fsp3) is 0.333. The first-order valence-corrected chi connectivity index (χ1v) is 13.3. The maximum atomic E-state index is 13.6. The Morgan fingerprint density at radius 1 is 0.974 bits per heavy atom. The largest absolute Gasteiger partial charge is 0.497 e. The van der Waals surface area contributed by atoms with Crippen molar-refractivity contribution >= 4 is 44.1 Å². The number of sulfonamides is 1. The minimum absolute atomic E-state index is 0.107. The summed E-state index contributed by atoms with van der Waals surface area (Å²) >= 11 is 0. The summed E-state index contributed by atoms with van der Waals surface area (Å²) in [7, 11) is -2.84. The molecule has 0 aliphatic carbocycles. The van der Waals surface area contributed by atoms with Crippen molar-refractivity contribution in [3.8, 4) is 5.75 Å². The molecule has 3 aromatic carbocycles. The molecule has 0 radical (unpaired) electrons. The molecule has 0 spiro atoms. The number of nitrogens with zero attached hydrogens (tertiary/aromatic N) is 1. The second-order valence-corrected chi connectivity index (χ2v) is 11.5. The molecule has 0 aliphatic heterocycles. The second-order valence-electron chi connectivity index (χ2n) is 9.65. The van der Waals surface area contributed by atoms with Gasteiger partial charge in [0, 0.05) is 16.5 Å². The third kappa shape index (κ3) is 6.53. The van der Waals surface area contributed by atoms with Gasteiger partial charge in [-0.1, -0.05) is 24.3 Å². The van der Waals surface area contributed by atoms with Gasteiger partial charge in [0.15, 0.2) is 6.04 Å². The first-order valence-electron chi connectivity index (χ1n) is 11.8. The first-order chi connectivity index (χ1) is 17.7. The van der Waals surface area contributed by atoms with Crippen LogP contribution in [0.4, 0.5) is 11.4 Å². The zero-order valence-electron chi connectivity index (χ0n) is 21.8. The average molecular weight is 545 g/mol. The minimum atomic E-state index is -4.29. The Labute approximate surface area is 221 Å². The molecule has 0 amide bonds. The molecule has 11 heteroatoms. The van der Waals surface area contributed by atoms with E-state index < -0.39 is 46.3 Å². The molecule has 2 atom stereocenters. The summed E-state index contributed by atoms with van der Waals surface area (Å²) in [6.45, 7) is 6.32. The van der Waals surface area contributed by atoms with Gasteiger partial charge in [0.2, 0.25) is 0 Å². The van der Waals surface area contributed by atoms with Crippen molar-refractivity contribution in [3.63, 3.8) is 0 Å². The van der Waals surface area contributed by atoms with Crippen molar-refractivity contribution < 1.29 is 37.7 Å². The van der Waals surface area contributed by atoms with Crippen LogP contribution in [0.3, 0.4) is 0 Å². The molecule has 10 nitrogen and oxygen atoms in total. The van der Waals surface area contributed by atoms with Gasteiger partial charge < -0.3 is 25.0 Å². The highest BCUT2D eigenvalue weighted by molar-refractivity contribution is 7.92. The lowest BCUT2D eigenvalue weighted by molar-refractivity contribution is -0.144. The van der Waals surface area contributed by atoms with Crippen molar-refractivity contribution in [3.05, 3.63) is 60.7 Å². The highest BCUT2D eigenvalue weighted by atomic mass is 32.2. The maximum absolute atomic E-state index is 13.6. The topological polar surface area (TPSA) is 142 Å². The Kier molecular flexibility index (Phi) is 8.53. The summed E-state index contributed by atoms with van der Waals surface area (Å²) < 4.78 is 39.0. The van der Waals surface area contributed by atoms with Gasteiger partial charge in [-0.2, -0.15) is 0 Å². The molecule has 0 bridgehead atoms. The van der Waals surface area contributed by atoms with Crippen molar-refractivity contribution in [1.29, 1.82) is 0 Å². The van der Waals surface area contributed by atoms with Gasteiger partial charge in [0.1, 0.15) is 12.3 Å². The number of rotatable bonds is 11. The van der Waals surface area contributed by atoms with Crippen LogP contribution in [0, 0.1) is 0 Å². The number of fused-ring (bicyclic) bond motifs is 1. The number of nitrogens with one attached hydrogen (secondary N) is 1. The van der Waals surface area contributed by atoms with E-state index in [0.29, 0.717) is 22.2 Å². The van der Waals surface area contributed by atoms with E-state index in [4.69, 9.17) is 9.47 Å². The fourth-order valence-electron chi connectivity index (χ4n) is 4.10. The molecule has 0 fully saturated rings. The van der Waals surface area contributed by atoms with Gasteiger partial charge in [-0.25, -0.2) is 13.2 Å². The lowest BCUT2D eigenvalue weighted by Gasteiger charge is -2.30. The van der Waals surface area contributed by atoms with Crippen LogP contribution in [0.25, 0.3) is 10.8 Å². The number of ether oxygens (including phenoxy) is 2. The number of methoxy groups -OCH3 is 1. The van der Waals surface area contributed by atoms with Crippen molar-refractivity contribution in [2.45, 2.75) is 50.3 Å². The molecule has 3 rings (SSSR count). The van der Waals surface area contributed by atoms with Crippen LogP contribution in [0.15, 0.2) is 65.6 Å². The van der Waals surface area contributed by atoms with Crippen molar-refractivity contribution in [1.82, 2.24) is 0 Å². The van der Waals surface area contributed by atoms with E-state index in [9.17, 15) is 28.2 Å². The van der Waals surface area contributed by atoms with E-state index in [1.165, 1.54) is 43.5 Å². The average Bonchev–Trinajstić information content (AvgIpc) is 2.84. The molecule has 0 saturated heterocycles. The smallest absolute Gasteiger partial charge is 0.328 e. The van der Waals surface area contributed by atoms with E-state index >= 15 is 0 Å². The normalized spacial score (nSPS) is 13.5. The predicted molar refractivity (Wildman–Crippen MR) is 144 cm³/mol. The van der Waals surface area contributed by atoms with Crippen LogP contribution in [0.1, 0.15) is 27.7 Å². The van der Waals surface area contributed by atoms with Crippen LogP contribution in [0.5, 0.6) is 5.75 Å². The van der Waals surface area contributed by atoms with Crippen molar-refractivity contribution in [2.75, 3.05) is 23.3 Å². The molecular weight excluding hydrogens is 512 g/mol. The van der Waals surface area contributed by atoms with E-state index in [-0.39, 0.29) is 10.6 Å². The Bertz CT molecular complexity index is 1420. The van der Waals surface area contributed by atoms with Gasteiger partial charge in [0.25, 0.3) is 10.0 Å². The summed E-state index contributed by atoms with van der Waals surface area (Å²) in [4.78, 5) is 23.7. The Morgan fingerprint density at radius 2 is 1.58 bits per heavy atom. The zero-order valence-corrected chi connectivity index (χ0v) is 22.7. The summed E-state index contributed by atoms with van der Waals surface area (Å²) in [5.41, 5.74) is -0.0121. The first kappa shape index (κ1) is 28.7. The SMILES string of the molecule is COc1ccc(S(=O)(=O)N(CC(=O)O)c2ccc(N[C@H](C(=O)O)[C@@H](C)OC(C)(C)C)c3ccccc23)cc1. The van der Waals surface area contributed by atoms with Gasteiger partial charge in [-0.15, -0.1) is 0 Å². The number of carbonyl (C=O) groups is 2. The molecule has 38 heavy (non-hydrogen) atoms. The van der Waals surface area contributed by atoms with Crippen LogP contribution >= 0.6 is 0 Å². The fourth-order valence-corrected chi connectivity index (χ4v) is 5.53. The van der Waals surface area contributed by atoms with Crippen LogP contribution in [0.2, 0.25) is 0 Å². The molecule has 3 aromatic rings. The molecular formula is C27H32N2O8S. The number of carboxylic acids is 2. The molecule has 0 aromatic heterocycles. The quantitative estimate of drug-likeness (QED) is 0.324. The molecule has 0 unspecified atom stereocenters. The number of aliphatic carboxylic acids is 2. The Balaban J connectivity index is 2.12. The summed E-state index contributed by atoms with van der Waals surface area (Å²) in [5.74, 6) is -2.01. The summed E-state index contributed by atoms with van der Waals surface area (Å²) in [6, 6.07) is 14.3. The monoisotopic (exact) mass is 544 g/mol. The third-order valence-electron chi connectivity index (χ3n) is 5.68. The number of anilines is 2. The molecule has 0 saturated carbocycles. The Morgan fingerprint density at radius 3 is 2.11 bits per heavy atom. The van der Waals surface area contributed by atoms with Gasteiger partial charge in [-0.05, 0) is 64.1 Å². The highest BCUT2D eigenvalue weighted by Gasteiger charge is 2.31. The molecule has 204 valence electrons. The Hall–Kier alpha value is -3.83. The second kappa shape index (κ2) is 11.3. The van der Waals surface area contributed by atoms with Gasteiger partial charge >= 0.3 is 11.9 Å². The van der Waals surface area contributed by atoms with Gasteiger partial charge in [-0.3, -0.25) is 9.10 Å². The van der Waals surface area contributed by atoms with E-state index in [1.807, 2.05) is 20.8 Å². The molecule has 0 aliphatic rings.